The van der Waals surface area contributed by atoms with E-state index >= 15 is 0 Å². The van der Waals surface area contributed by atoms with Crippen LogP contribution in [0.25, 0.3) is 0 Å². The van der Waals surface area contributed by atoms with Crippen LogP contribution >= 0.6 is 0 Å². The minimum absolute atomic E-state index is 0.0420. The average molecular weight is 1150 g/mol. The third-order valence-electron chi connectivity index (χ3n) is 12.0. The van der Waals surface area contributed by atoms with Crippen molar-refractivity contribution in [1.29, 1.82) is 0 Å². The minimum atomic E-state index is -1.96. The summed E-state index contributed by atoms with van der Waals surface area (Å²) in [7, 11) is 0. The predicted octanol–water partition coefficient (Wildman–Crippen LogP) is -3.25. The van der Waals surface area contributed by atoms with Crippen molar-refractivity contribution in [3.63, 3.8) is 0 Å². The van der Waals surface area contributed by atoms with Crippen molar-refractivity contribution in [3.8, 4) is 0 Å². The van der Waals surface area contributed by atoms with E-state index in [1.54, 1.807) is 58.0 Å². The van der Waals surface area contributed by atoms with E-state index in [0.29, 0.717) is 11.1 Å². The zero-order valence-electron chi connectivity index (χ0n) is 46.3. The molecule has 0 spiro atoms. The molecule has 0 heterocycles. The van der Waals surface area contributed by atoms with E-state index < -0.39 is 176 Å². The Labute approximate surface area is 472 Å². The fraction of sp³-hybridized carbons (Fsp3) is 0.509. The molecule has 82 heavy (non-hydrogen) atoms. The number of aliphatic carboxylic acids is 3. The molecule has 17 N–H and O–H groups in total. The number of primary amides is 2. The maximum Gasteiger partial charge on any atom is 0.305 e. The molecule has 0 bridgehead atoms. The Morgan fingerprint density at radius 1 is 0.476 bits per heavy atom. The highest BCUT2D eigenvalue weighted by molar-refractivity contribution is 5.99. The van der Waals surface area contributed by atoms with Crippen molar-refractivity contribution >= 4 is 82.9 Å². The lowest BCUT2D eigenvalue weighted by molar-refractivity contribution is -0.142. The number of carbonyl (C=O) groups excluding carboxylic acids is 11. The van der Waals surface area contributed by atoms with Crippen molar-refractivity contribution in [1.82, 2.24) is 47.9 Å². The minimum Gasteiger partial charge on any atom is -0.481 e. The molecular formula is C53H75N11O18. The monoisotopic (exact) mass is 1150 g/mol. The Hall–Kier alpha value is -9.02. The molecule has 0 aliphatic rings. The summed E-state index contributed by atoms with van der Waals surface area (Å²) >= 11 is 0. The van der Waals surface area contributed by atoms with Crippen LogP contribution in [0.1, 0.15) is 108 Å². The second-order valence-electron chi connectivity index (χ2n) is 20.2. The average Bonchev–Trinajstić information content (AvgIpc) is 3.39. The lowest BCUT2D eigenvalue weighted by Gasteiger charge is -2.27. The Morgan fingerprint density at radius 2 is 0.915 bits per heavy atom. The maximum absolute atomic E-state index is 14.2. The van der Waals surface area contributed by atoms with Crippen LogP contribution in [-0.2, 0) is 75.2 Å². The quantitative estimate of drug-likeness (QED) is 0.0319. The first-order chi connectivity index (χ1) is 38.4. The molecule has 0 aliphatic heterocycles. The molecule has 2 aromatic carbocycles. The van der Waals surface area contributed by atoms with Crippen LogP contribution in [-0.4, -0.2) is 164 Å². The van der Waals surface area contributed by atoms with Crippen LogP contribution < -0.4 is 59.3 Å². The van der Waals surface area contributed by atoms with Crippen LogP contribution in [0.3, 0.4) is 0 Å². The van der Waals surface area contributed by atoms with Gasteiger partial charge in [-0.05, 0) is 67.7 Å². The van der Waals surface area contributed by atoms with E-state index in [0.717, 1.165) is 13.8 Å². The fourth-order valence-corrected chi connectivity index (χ4v) is 8.02. The number of aliphatic hydroxyl groups is 1. The smallest absolute Gasteiger partial charge is 0.305 e. The number of hydrogen-bond acceptors (Lipinski definition) is 15. The van der Waals surface area contributed by atoms with E-state index in [9.17, 15) is 87.5 Å². The summed E-state index contributed by atoms with van der Waals surface area (Å²) in [6.07, 6.45) is -6.12. The molecule has 2 rings (SSSR count). The van der Waals surface area contributed by atoms with Gasteiger partial charge in [-0.25, -0.2) is 0 Å². The Morgan fingerprint density at radius 3 is 1.40 bits per heavy atom. The molecule has 11 amide bonds. The highest BCUT2D eigenvalue weighted by atomic mass is 16.4. The number of amides is 11. The van der Waals surface area contributed by atoms with Gasteiger partial charge < -0.3 is 79.7 Å². The van der Waals surface area contributed by atoms with Crippen molar-refractivity contribution in [2.75, 3.05) is 6.54 Å². The van der Waals surface area contributed by atoms with E-state index in [1.165, 1.54) is 24.3 Å². The predicted molar refractivity (Wildman–Crippen MR) is 289 cm³/mol. The summed E-state index contributed by atoms with van der Waals surface area (Å²) in [5.41, 5.74) is 12.0. The second-order valence-corrected chi connectivity index (χ2v) is 20.2. The van der Waals surface area contributed by atoms with Crippen LogP contribution in [0.15, 0.2) is 54.6 Å². The van der Waals surface area contributed by atoms with Gasteiger partial charge in [0.15, 0.2) is 0 Å². The van der Waals surface area contributed by atoms with E-state index in [1.807, 2.05) is 0 Å². The van der Waals surface area contributed by atoms with Gasteiger partial charge in [-0.2, -0.15) is 0 Å². The largest absolute Gasteiger partial charge is 0.481 e. The fourth-order valence-electron chi connectivity index (χ4n) is 8.02. The zero-order chi connectivity index (χ0) is 62.0. The standard InChI is InChI=1S/C53H75N11O18/c1-26(2)19-35(46(55)75)61-51(80)38(22-30-11-8-7-9-12-30)62-50(79)37(23-31-13-10-14-32(21-31)45(54)74)58-40(67)25-56-53(82)44(28(5)65)64-48(77)34(16-18-42(70)71)59-47(76)33(15-17-41(68)69)60-52(81)39(24-43(72)73)63-49(78)36(20-27(3)4)57-29(6)66/h7-14,21,26-28,33-39,44,65H,15-20,22-25H2,1-6H3,(H2,54,74)(H2,55,75)(H,56,82)(H,57,66)(H,58,67)(H,59,76)(H,60,81)(H,61,80)(H,62,79)(H,63,78)(H,64,77)(H,68,69)(H,70,71)(H,72,73)/t28-,33+,34+,35+,36+,37+,38+,39+,44+/m1/s1. The molecule has 450 valence electrons. The van der Waals surface area contributed by atoms with Crippen molar-refractivity contribution < 1.29 is 87.5 Å². The number of benzene rings is 2. The summed E-state index contributed by atoms with van der Waals surface area (Å²) < 4.78 is 0. The number of carbonyl (C=O) groups is 14. The maximum atomic E-state index is 14.2. The molecule has 2 aromatic rings. The lowest BCUT2D eigenvalue weighted by Crippen LogP contribution is -2.61. The molecule has 0 saturated carbocycles. The number of aliphatic hydroxyl groups excluding tert-OH is 1. The molecular weight excluding hydrogens is 1080 g/mol. The van der Waals surface area contributed by atoms with Gasteiger partial charge in [-0.1, -0.05) is 70.2 Å². The number of rotatable bonds is 36. The van der Waals surface area contributed by atoms with Crippen LogP contribution in [0.4, 0.5) is 0 Å². The van der Waals surface area contributed by atoms with Gasteiger partial charge in [0.25, 0.3) is 0 Å². The van der Waals surface area contributed by atoms with Crippen molar-refractivity contribution in [3.05, 3.63) is 71.3 Å². The topological polar surface area (TPSA) is 480 Å². The van der Waals surface area contributed by atoms with Gasteiger partial charge in [0, 0.05) is 38.2 Å². The van der Waals surface area contributed by atoms with Gasteiger partial charge in [0.2, 0.25) is 65.0 Å². The third kappa shape index (κ3) is 25.8. The van der Waals surface area contributed by atoms with Crippen LogP contribution in [0.2, 0.25) is 0 Å². The Kier molecular flexibility index (Phi) is 28.8. The highest BCUT2D eigenvalue weighted by Gasteiger charge is 2.36. The molecule has 0 fully saturated rings. The molecule has 29 heteroatoms. The summed E-state index contributed by atoms with van der Waals surface area (Å²) in [4.78, 5) is 181. The highest BCUT2D eigenvalue weighted by Crippen LogP contribution is 2.13. The van der Waals surface area contributed by atoms with Crippen LogP contribution in [0, 0.1) is 11.8 Å². The molecule has 0 saturated heterocycles. The zero-order valence-corrected chi connectivity index (χ0v) is 46.3. The first kappa shape index (κ1) is 69.1. The summed E-state index contributed by atoms with van der Waals surface area (Å²) in [6, 6.07) is 1.21. The lowest BCUT2D eigenvalue weighted by atomic mass is 10.00. The molecule has 0 radical (unpaired) electrons. The van der Waals surface area contributed by atoms with Gasteiger partial charge in [-0.3, -0.25) is 67.1 Å². The molecule has 0 unspecified atom stereocenters. The SMILES string of the molecule is CC(=O)N[C@@H](CC(C)C)C(=O)N[C@@H](CC(=O)O)C(=O)N[C@@H](CCC(=O)O)C(=O)N[C@@H](CCC(=O)O)C(=O)N[C@H](C(=O)NCC(=O)N[C@@H](Cc1cccc(C(N)=O)c1)C(=O)N[C@@H](Cc1ccccc1)C(=O)N[C@@H](CC(C)C)C(N)=O)[C@@H](C)O. The third-order valence-corrected chi connectivity index (χ3v) is 12.0. The second kappa shape index (κ2) is 34.2. The van der Waals surface area contributed by atoms with Crippen molar-refractivity contribution in [2.24, 2.45) is 23.3 Å². The number of nitrogens with two attached hydrogens (primary N) is 2. The van der Waals surface area contributed by atoms with E-state index in [4.69, 9.17) is 11.5 Å². The number of nitrogens with one attached hydrogen (secondary N) is 9. The normalized spacial score (nSPS) is 14.3. The summed E-state index contributed by atoms with van der Waals surface area (Å²) in [5, 5.41) is 60.1. The Balaban J connectivity index is 2.43. The molecule has 9 atom stereocenters. The van der Waals surface area contributed by atoms with Gasteiger partial charge in [0.05, 0.1) is 19.1 Å². The number of carboxylic acid groups (broad SMARTS) is 3. The van der Waals surface area contributed by atoms with E-state index in [-0.39, 0.29) is 43.1 Å². The molecule has 0 aliphatic carbocycles. The molecule has 29 nitrogen and oxygen atoms in total. The van der Waals surface area contributed by atoms with Gasteiger partial charge in [0.1, 0.15) is 48.3 Å². The van der Waals surface area contributed by atoms with E-state index in [2.05, 4.69) is 47.9 Å². The summed E-state index contributed by atoms with van der Waals surface area (Å²) in [6.45, 7) is 8.24. The summed E-state index contributed by atoms with van der Waals surface area (Å²) in [5.74, 6) is -16.1. The first-order valence-corrected chi connectivity index (χ1v) is 26.1. The Bertz CT molecular complexity index is 2630. The van der Waals surface area contributed by atoms with Crippen LogP contribution in [0.5, 0.6) is 0 Å². The van der Waals surface area contributed by atoms with Crippen molar-refractivity contribution in [2.45, 2.75) is 154 Å². The molecule has 0 aromatic heterocycles. The van der Waals surface area contributed by atoms with Gasteiger partial charge in [-0.15, -0.1) is 0 Å². The van der Waals surface area contributed by atoms with Gasteiger partial charge >= 0.3 is 17.9 Å². The first-order valence-electron chi connectivity index (χ1n) is 26.1. The number of carboxylic acids is 3. The number of hydrogen-bond donors (Lipinski definition) is 15.